The molecule has 0 saturated carbocycles. The van der Waals surface area contributed by atoms with Crippen LogP contribution in [0, 0.1) is 12.8 Å². The van der Waals surface area contributed by atoms with Crippen molar-refractivity contribution in [3.8, 4) is 16.9 Å². The third-order valence-corrected chi connectivity index (χ3v) is 3.73. The highest BCUT2D eigenvalue weighted by Gasteiger charge is 2.10. The average Bonchev–Trinajstić information content (AvgIpc) is 2.47. The van der Waals surface area contributed by atoms with Crippen LogP contribution in [0.3, 0.4) is 0 Å². The van der Waals surface area contributed by atoms with Gasteiger partial charge in [-0.25, -0.2) is 0 Å². The van der Waals surface area contributed by atoms with Crippen molar-refractivity contribution in [2.75, 3.05) is 7.11 Å². The van der Waals surface area contributed by atoms with Gasteiger partial charge in [0.15, 0.2) is 0 Å². The van der Waals surface area contributed by atoms with Gasteiger partial charge in [0.1, 0.15) is 5.75 Å². The van der Waals surface area contributed by atoms with Crippen LogP contribution in [0.4, 0.5) is 0 Å². The first-order valence-electron chi connectivity index (χ1n) is 7.45. The molecule has 1 N–H and O–H groups in total. The van der Waals surface area contributed by atoms with Gasteiger partial charge in [0, 0.05) is 12.0 Å². The van der Waals surface area contributed by atoms with Crippen molar-refractivity contribution in [2.45, 2.75) is 26.7 Å². The summed E-state index contributed by atoms with van der Waals surface area (Å²) in [5, 5.41) is 8.82. The molecule has 0 radical (unpaired) electrons. The van der Waals surface area contributed by atoms with Gasteiger partial charge in [0.05, 0.1) is 7.11 Å². The first-order valence-corrected chi connectivity index (χ1v) is 7.45. The van der Waals surface area contributed by atoms with Crippen LogP contribution >= 0.6 is 0 Å². The Morgan fingerprint density at radius 2 is 1.86 bits per heavy atom. The van der Waals surface area contributed by atoms with Gasteiger partial charge in [-0.2, -0.15) is 0 Å². The summed E-state index contributed by atoms with van der Waals surface area (Å²) in [7, 11) is 1.68. The van der Waals surface area contributed by atoms with Crippen LogP contribution in [0.15, 0.2) is 42.5 Å². The van der Waals surface area contributed by atoms with E-state index in [1.54, 1.807) is 7.11 Å². The number of carbonyl (C=O) groups is 1. The highest BCUT2D eigenvalue weighted by atomic mass is 16.5. The van der Waals surface area contributed by atoms with Crippen LogP contribution in [0.2, 0.25) is 0 Å². The van der Waals surface area contributed by atoms with E-state index in [9.17, 15) is 4.79 Å². The fraction of sp³-hybridized carbons (Fsp3) is 0.316. The number of carboxylic acids is 1. The van der Waals surface area contributed by atoms with Crippen LogP contribution in [-0.2, 0) is 11.2 Å². The molecule has 3 heteroatoms. The van der Waals surface area contributed by atoms with Gasteiger partial charge in [0.2, 0.25) is 0 Å². The van der Waals surface area contributed by atoms with E-state index in [1.165, 1.54) is 5.56 Å². The zero-order valence-electron chi connectivity index (χ0n) is 13.3. The number of hydrogen-bond donors (Lipinski definition) is 1. The van der Waals surface area contributed by atoms with Crippen molar-refractivity contribution < 1.29 is 14.6 Å². The predicted molar refractivity (Wildman–Crippen MR) is 88.3 cm³/mol. The first-order chi connectivity index (χ1) is 10.5. The summed E-state index contributed by atoms with van der Waals surface area (Å²) in [6.45, 7) is 4.02. The number of benzene rings is 2. The van der Waals surface area contributed by atoms with E-state index >= 15 is 0 Å². The minimum atomic E-state index is -0.742. The van der Waals surface area contributed by atoms with Crippen molar-refractivity contribution in [3.63, 3.8) is 0 Å². The summed E-state index contributed by atoms with van der Waals surface area (Å²) in [6, 6.07) is 14.4. The smallest absolute Gasteiger partial charge is 0.303 e. The number of carboxylic acid groups (broad SMARTS) is 1. The molecule has 3 nitrogen and oxygen atoms in total. The molecule has 0 fully saturated rings. The number of rotatable bonds is 6. The van der Waals surface area contributed by atoms with Crippen LogP contribution in [0.5, 0.6) is 5.75 Å². The number of hydrogen-bond acceptors (Lipinski definition) is 2. The minimum absolute atomic E-state index is 0.136. The Balaban J connectivity index is 2.18. The third kappa shape index (κ3) is 4.10. The maximum absolute atomic E-state index is 10.7. The van der Waals surface area contributed by atoms with Crippen molar-refractivity contribution in [3.05, 3.63) is 53.6 Å². The summed E-state index contributed by atoms with van der Waals surface area (Å²) in [5.41, 5.74) is 4.53. The van der Waals surface area contributed by atoms with E-state index in [2.05, 4.69) is 37.3 Å². The van der Waals surface area contributed by atoms with Gasteiger partial charge in [-0.1, -0.05) is 42.8 Å². The molecule has 2 rings (SSSR count). The van der Waals surface area contributed by atoms with E-state index in [0.29, 0.717) is 0 Å². The van der Waals surface area contributed by atoms with Crippen molar-refractivity contribution in [2.24, 2.45) is 5.92 Å². The van der Waals surface area contributed by atoms with E-state index in [-0.39, 0.29) is 12.3 Å². The zero-order valence-corrected chi connectivity index (χ0v) is 13.3. The highest BCUT2D eigenvalue weighted by Crippen LogP contribution is 2.31. The van der Waals surface area contributed by atoms with Gasteiger partial charge in [-0.05, 0) is 42.5 Å². The summed E-state index contributed by atoms with van der Waals surface area (Å²) < 4.78 is 5.43. The quantitative estimate of drug-likeness (QED) is 0.863. The monoisotopic (exact) mass is 298 g/mol. The summed E-state index contributed by atoms with van der Waals surface area (Å²) >= 11 is 0. The third-order valence-electron chi connectivity index (χ3n) is 3.73. The Bertz CT molecular complexity index is 644. The SMILES string of the molecule is COc1ccc(C)cc1-c1ccc(CC(C)CC(=O)O)cc1. The topological polar surface area (TPSA) is 46.5 Å². The van der Waals surface area contributed by atoms with Crippen LogP contribution in [-0.4, -0.2) is 18.2 Å². The molecule has 116 valence electrons. The highest BCUT2D eigenvalue weighted by molar-refractivity contribution is 5.71. The molecule has 0 saturated heterocycles. The van der Waals surface area contributed by atoms with Crippen molar-refractivity contribution >= 4 is 5.97 Å². The molecule has 2 aromatic carbocycles. The lowest BCUT2D eigenvalue weighted by Gasteiger charge is -2.12. The number of ether oxygens (including phenoxy) is 1. The standard InChI is InChI=1S/C19H22O3/c1-13-4-9-18(22-3)17(11-13)16-7-5-15(6-8-16)10-14(2)12-19(20)21/h4-9,11,14H,10,12H2,1-3H3,(H,20,21). The molecule has 1 atom stereocenters. The minimum Gasteiger partial charge on any atom is -0.496 e. The predicted octanol–water partition coefficient (Wildman–Crippen LogP) is 4.32. The van der Waals surface area contributed by atoms with Gasteiger partial charge >= 0.3 is 5.97 Å². The molecule has 0 aliphatic carbocycles. The van der Waals surface area contributed by atoms with Crippen LogP contribution in [0.25, 0.3) is 11.1 Å². The summed E-state index contributed by atoms with van der Waals surface area (Å²) in [6.07, 6.45) is 0.977. The number of aryl methyl sites for hydroxylation is 1. The van der Waals surface area contributed by atoms with Crippen LogP contribution < -0.4 is 4.74 Å². The zero-order chi connectivity index (χ0) is 16.1. The van der Waals surface area contributed by atoms with Crippen molar-refractivity contribution in [1.82, 2.24) is 0 Å². The molecule has 22 heavy (non-hydrogen) atoms. The number of methoxy groups -OCH3 is 1. The lowest BCUT2D eigenvalue weighted by Crippen LogP contribution is -2.06. The fourth-order valence-corrected chi connectivity index (χ4v) is 2.64. The second-order valence-electron chi connectivity index (χ2n) is 5.81. The Hall–Kier alpha value is -2.29. The summed E-state index contributed by atoms with van der Waals surface area (Å²) in [4.78, 5) is 10.7. The molecule has 0 spiro atoms. The Labute approximate surface area is 131 Å². The van der Waals surface area contributed by atoms with Crippen LogP contribution in [0.1, 0.15) is 24.5 Å². The van der Waals surface area contributed by atoms with Gasteiger partial charge in [-0.3, -0.25) is 4.79 Å². The van der Waals surface area contributed by atoms with E-state index in [0.717, 1.165) is 28.9 Å². The molecule has 0 aromatic heterocycles. The Kier molecular flexibility index (Phi) is 5.21. The second-order valence-corrected chi connectivity index (χ2v) is 5.81. The first kappa shape index (κ1) is 16.1. The fourth-order valence-electron chi connectivity index (χ4n) is 2.64. The normalized spacial score (nSPS) is 12.0. The molecule has 0 aliphatic rings. The molecule has 0 bridgehead atoms. The summed E-state index contributed by atoms with van der Waals surface area (Å²) in [5.74, 6) is 0.253. The van der Waals surface area contributed by atoms with Crippen molar-refractivity contribution in [1.29, 1.82) is 0 Å². The Morgan fingerprint density at radius 1 is 1.18 bits per heavy atom. The van der Waals surface area contributed by atoms with Gasteiger partial charge in [0.25, 0.3) is 0 Å². The lowest BCUT2D eigenvalue weighted by atomic mass is 9.95. The second kappa shape index (κ2) is 7.12. The van der Waals surface area contributed by atoms with Gasteiger partial charge < -0.3 is 9.84 Å². The molecule has 0 heterocycles. The largest absolute Gasteiger partial charge is 0.496 e. The average molecular weight is 298 g/mol. The van der Waals surface area contributed by atoms with E-state index in [4.69, 9.17) is 9.84 Å². The number of aliphatic carboxylic acids is 1. The van der Waals surface area contributed by atoms with E-state index < -0.39 is 5.97 Å². The van der Waals surface area contributed by atoms with E-state index in [1.807, 2.05) is 19.1 Å². The van der Waals surface area contributed by atoms with Gasteiger partial charge in [-0.15, -0.1) is 0 Å². The maximum Gasteiger partial charge on any atom is 0.303 e. The molecule has 0 amide bonds. The molecule has 0 aliphatic heterocycles. The lowest BCUT2D eigenvalue weighted by molar-refractivity contribution is -0.137. The molecule has 2 aromatic rings. The molecular formula is C19H22O3. The molecule has 1 unspecified atom stereocenters. The molecular weight excluding hydrogens is 276 g/mol. The Morgan fingerprint density at radius 3 is 2.45 bits per heavy atom. The maximum atomic E-state index is 10.7.